The molecule has 6 nitrogen and oxygen atoms in total. The quantitative estimate of drug-likeness (QED) is 0.798. The lowest BCUT2D eigenvalue weighted by Gasteiger charge is -2.04. The Morgan fingerprint density at radius 3 is 2.71 bits per heavy atom. The molecule has 3 aromatic rings. The fourth-order valence-corrected chi connectivity index (χ4v) is 2.51. The molecule has 0 unspecified atom stereocenters. The van der Waals surface area contributed by atoms with Crippen molar-refractivity contribution in [3.05, 3.63) is 58.6 Å². The maximum Gasteiger partial charge on any atom is 0.358 e. The van der Waals surface area contributed by atoms with E-state index in [1.807, 2.05) is 0 Å². The smallest absolute Gasteiger partial charge is 0.358 e. The van der Waals surface area contributed by atoms with Crippen molar-refractivity contribution in [1.82, 2.24) is 20.0 Å². The van der Waals surface area contributed by atoms with E-state index in [1.165, 1.54) is 28.2 Å². The van der Waals surface area contributed by atoms with E-state index in [9.17, 15) is 14.3 Å². The number of benzene rings is 1. The number of nitrogens with zero attached hydrogens (tertiary/aromatic N) is 4. The van der Waals surface area contributed by atoms with Crippen LogP contribution in [0.5, 0.6) is 0 Å². The molecule has 0 aliphatic heterocycles. The van der Waals surface area contributed by atoms with Crippen LogP contribution in [0.25, 0.3) is 5.13 Å². The Hall–Kier alpha value is -2.61. The molecule has 2 aromatic heterocycles. The Kier molecular flexibility index (Phi) is 3.44. The number of carboxylic acid groups (broad SMARTS) is 1. The number of halogens is 1. The standard InChI is InChI=1S/C13H9FN4O2S/c14-9-3-1-8(2-4-9)7-10-11(12(19)20)16-17-18(10)13-15-5-6-21-13/h1-6H,7H2,(H,19,20). The van der Waals surface area contributed by atoms with Crippen LogP contribution in [0.3, 0.4) is 0 Å². The summed E-state index contributed by atoms with van der Waals surface area (Å²) in [5.74, 6) is -1.50. The normalized spacial score (nSPS) is 10.7. The van der Waals surface area contributed by atoms with E-state index in [0.717, 1.165) is 5.56 Å². The lowest BCUT2D eigenvalue weighted by molar-refractivity contribution is 0.0689. The van der Waals surface area contributed by atoms with E-state index in [0.29, 0.717) is 10.8 Å². The van der Waals surface area contributed by atoms with Gasteiger partial charge in [0.05, 0.1) is 5.69 Å². The highest BCUT2D eigenvalue weighted by atomic mass is 32.1. The molecule has 8 heteroatoms. The molecule has 0 bridgehead atoms. The lowest BCUT2D eigenvalue weighted by atomic mass is 10.1. The number of hydrogen-bond acceptors (Lipinski definition) is 5. The van der Waals surface area contributed by atoms with E-state index >= 15 is 0 Å². The lowest BCUT2D eigenvalue weighted by Crippen LogP contribution is -2.07. The second-order valence-corrected chi connectivity index (χ2v) is 5.09. The Bertz CT molecular complexity index is 768. The van der Waals surface area contributed by atoms with Crippen molar-refractivity contribution in [3.8, 4) is 5.13 Å². The van der Waals surface area contributed by atoms with Crippen molar-refractivity contribution in [2.45, 2.75) is 6.42 Å². The highest BCUT2D eigenvalue weighted by molar-refractivity contribution is 7.12. The van der Waals surface area contributed by atoms with Crippen LogP contribution >= 0.6 is 11.3 Å². The maximum atomic E-state index is 12.9. The average molecular weight is 304 g/mol. The maximum absolute atomic E-state index is 12.9. The molecule has 0 saturated heterocycles. The van der Waals surface area contributed by atoms with Gasteiger partial charge >= 0.3 is 5.97 Å². The fourth-order valence-electron chi connectivity index (χ4n) is 1.90. The van der Waals surface area contributed by atoms with Crippen LogP contribution in [0, 0.1) is 5.82 Å². The van der Waals surface area contributed by atoms with Gasteiger partial charge in [0.2, 0.25) is 5.13 Å². The summed E-state index contributed by atoms with van der Waals surface area (Å²) in [7, 11) is 0. The van der Waals surface area contributed by atoms with Gasteiger partial charge in [-0.3, -0.25) is 0 Å². The second-order valence-electron chi connectivity index (χ2n) is 4.22. The highest BCUT2D eigenvalue weighted by Crippen LogP contribution is 2.19. The predicted molar refractivity (Wildman–Crippen MR) is 73.2 cm³/mol. The Labute approximate surface area is 122 Å². The predicted octanol–water partition coefficient (Wildman–Crippen LogP) is 2.15. The summed E-state index contributed by atoms with van der Waals surface area (Å²) in [5, 5.41) is 19.0. The first kappa shape index (κ1) is 13.4. The van der Waals surface area contributed by atoms with Crippen LogP contribution in [0.1, 0.15) is 21.7 Å². The van der Waals surface area contributed by atoms with Crippen molar-refractivity contribution in [2.75, 3.05) is 0 Å². The van der Waals surface area contributed by atoms with E-state index in [-0.39, 0.29) is 17.9 Å². The minimum atomic E-state index is -1.16. The number of hydrogen-bond donors (Lipinski definition) is 1. The summed E-state index contributed by atoms with van der Waals surface area (Å²) < 4.78 is 14.3. The molecule has 0 spiro atoms. The van der Waals surface area contributed by atoms with Crippen LogP contribution in [-0.2, 0) is 6.42 Å². The molecule has 0 fully saturated rings. The molecule has 0 aliphatic carbocycles. The molecule has 21 heavy (non-hydrogen) atoms. The van der Waals surface area contributed by atoms with Crippen LogP contribution in [0.15, 0.2) is 35.8 Å². The average Bonchev–Trinajstić information content (AvgIpc) is 3.10. The highest BCUT2D eigenvalue weighted by Gasteiger charge is 2.21. The summed E-state index contributed by atoms with van der Waals surface area (Å²) in [6, 6.07) is 5.85. The van der Waals surface area contributed by atoms with E-state index < -0.39 is 5.97 Å². The Morgan fingerprint density at radius 2 is 2.10 bits per heavy atom. The number of aromatic nitrogens is 4. The fraction of sp³-hybridized carbons (Fsp3) is 0.0769. The Balaban J connectivity index is 2.04. The third kappa shape index (κ3) is 2.65. The zero-order chi connectivity index (χ0) is 14.8. The first-order valence-electron chi connectivity index (χ1n) is 5.97. The van der Waals surface area contributed by atoms with Gasteiger partial charge in [-0.05, 0) is 17.7 Å². The van der Waals surface area contributed by atoms with Crippen LogP contribution in [0.4, 0.5) is 4.39 Å². The molecule has 0 aliphatic rings. The van der Waals surface area contributed by atoms with Gasteiger partial charge in [0.25, 0.3) is 0 Å². The number of carboxylic acids is 1. The van der Waals surface area contributed by atoms with Crippen molar-refractivity contribution in [3.63, 3.8) is 0 Å². The molecule has 1 N–H and O–H groups in total. The van der Waals surface area contributed by atoms with Gasteiger partial charge in [-0.2, -0.15) is 4.68 Å². The SMILES string of the molecule is O=C(O)c1nnn(-c2nccs2)c1Cc1ccc(F)cc1. The molecule has 0 amide bonds. The summed E-state index contributed by atoms with van der Waals surface area (Å²) in [6.45, 7) is 0. The summed E-state index contributed by atoms with van der Waals surface area (Å²) >= 11 is 1.32. The van der Waals surface area contributed by atoms with Gasteiger partial charge < -0.3 is 5.11 Å². The monoisotopic (exact) mass is 304 g/mol. The minimum absolute atomic E-state index is 0.130. The van der Waals surface area contributed by atoms with Gasteiger partial charge in [0, 0.05) is 18.0 Å². The topological polar surface area (TPSA) is 80.9 Å². The van der Waals surface area contributed by atoms with Gasteiger partial charge in [-0.15, -0.1) is 16.4 Å². The van der Waals surface area contributed by atoms with Crippen molar-refractivity contribution in [2.24, 2.45) is 0 Å². The zero-order valence-electron chi connectivity index (χ0n) is 10.6. The molecule has 106 valence electrons. The van der Waals surface area contributed by atoms with Crippen LogP contribution in [0.2, 0.25) is 0 Å². The first-order chi connectivity index (χ1) is 10.1. The Morgan fingerprint density at radius 1 is 1.33 bits per heavy atom. The first-order valence-corrected chi connectivity index (χ1v) is 6.85. The number of rotatable bonds is 4. The molecule has 1 aromatic carbocycles. The van der Waals surface area contributed by atoms with Crippen LogP contribution in [-0.4, -0.2) is 31.1 Å². The molecule has 2 heterocycles. The van der Waals surface area contributed by atoms with E-state index in [4.69, 9.17) is 0 Å². The largest absolute Gasteiger partial charge is 0.476 e. The van der Waals surface area contributed by atoms with Gasteiger partial charge in [0.15, 0.2) is 5.69 Å². The second kappa shape index (κ2) is 5.41. The van der Waals surface area contributed by atoms with Gasteiger partial charge in [-0.25, -0.2) is 14.2 Å². The summed E-state index contributed by atoms with van der Waals surface area (Å²) in [6.07, 6.45) is 1.87. The summed E-state index contributed by atoms with van der Waals surface area (Å²) in [5.41, 5.74) is 1.04. The molecule has 0 radical (unpaired) electrons. The molecule has 3 rings (SSSR count). The minimum Gasteiger partial charge on any atom is -0.476 e. The number of aromatic carboxylic acids is 1. The van der Waals surface area contributed by atoms with E-state index in [2.05, 4.69) is 15.3 Å². The number of thiazole rings is 1. The molecule has 0 saturated carbocycles. The van der Waals surface area contributed by atoms with Crippen molar-refractivity contribution in [1.29, 1.82) is 0 Å². The third-order valence-corrected chi connectivity index (χ3v) is 3.60. The van der Waals surface area contributed by atoms with E-state index in [1.54, 1.807) is 23.7 Å². The molecular formula is C13H9FN4O2S. The summed E-state index contributed by atoms with van der Waals surface area (Å²) in [4.78, 5) is 15.4. The zero-order valence-corrected chi connectivity index (χ0v) is 11.4. The van der Waals surface area contributed by atoms with Gasteiger partial charge in [-0.1, -0.05) is 17.3 Å². The van der Waals surface area contributed by atoms with Gasteiger partial charge in [0.1, 0.15) is 5.82 Å². The third-order valence-electron chi connectivity index (χ3n) is 2.85. The van der Waals surface area contributed by atoms with Crippen LogP contribution < -0.4 is 0 Å². The van der Waals surface area contributed by atoms with Crippen molar-refractivity contribution >= 4 is 17.3 Å². The molecular weight excluding hydrogens is 295 g/mol. The van der Waals surface area contributed by atoms with Crippen molar-refractivity contribution < 1.29 is 14.3 Å². The number of carbonyl (C=O) groups is 1. The molecule has 0 atom stereocenters.